The first-order chi connectivity index (χ1) is 12.5. The Balaban J connectivity index is 2.25. The highest BCUT2D eigenvalue weighted by atomic mass is 32.1. The monoisotopic (exact) mass is 376 g/mol. The number of anilines is 2. The summed E-state index contributed by atoms with van der Waals surface area (Å²) in [6, 6.07) is 10.4. The van der Waals surface area contributed by atoms with E-state index in [1.807, 2.05) is 12.1 Å². The molecule has 0 amide bonds. The highest BCUT2D eigenvalue weighted by Crippen LogP contribution is 2.33. The molecule has 7 nitrogen and oxygen atoms in total. The lowest BCUT2D eigenvalue weighted by Gasteiger charge is -2.16. The van der Waals surface area contributed by atoms with Gasteiger partial charge >= 0.3 is 5.97 Å². The van der Waals surface area contributed by atoms with Crippen LogP contribution in [-0.4, -0.2) is 39.5 Å². The molecule has 0 aliphatic rings. The Morgan fingerprint density at radius 1 is 0.885 bits per heavy atom. The molecule has 0 unspecified atom stereocenters. The third-order valence-electron chi connectivity index (χ3n) is 3.53. The quantitative estimate of drug-likeness (QED) is 0.587. The smallest absolute Gasteiger partial charge is 0.340 e. The third kappa shape index (κ3) is 4.54. The van der Waals surface area contributed by atoms with Gasteiger partial charge in [0.1, 0.15) is 5.75 Å². The number of rotatable bonds is 6. The van der Waals surface area contributed by atoms with Gasteiger partial charge in [0, 0.05) is 17.8 Å². The van der Waals surface area contributed by atoms with E-state index in [2.05, 4.69) is 10.6 Å². The van der Waals surface area contributed by atoms with Gasteiger partial charge in [-0.1, -0.05) is 0 Å². The average molecular weight is 376 g/mol. The van der Waals surface area contributed by atoms with Gasteiger partial charge < -0.3 is 29.6 Å². The van der Waals surface area contributed by atoms with Crippen molar-refractivity contribution < 1.29 is 23.7 Å². The van der Waals surface area contributed by atoms with Gasteiger partial charge in [0.2, 0.25) is 0 Å². The number of carbonyl (C=O) groups excluding carboxylic acids is 1. The molecule has 0 heterocycles. The number of methoxy groups -OCH3 is 4. The van der Waals surface area contributed by atoms with E-state index in [-0.39, 0.29) is 5.56 Å². The summed E-state index contributed by atoms with van der Waals surface area (Å²) in [7, 11) is 5.89. The molecule has 138 valence electrons. The first kappa shape index (κ1) is 19.3. The van der Waals surface area contributed by atoms with Gasteiger partial charge in [-0.05, 0) is 36.5 Å². The van der Waals surface area contributed by atoms with E-state index in [0.717, 1.165) is 11.4 Å². The van der Waals surface area contributed by atoms with Gasteiger partial charge in [-0.15, -0.1) is 0 Å². The van der Waals surface area contributed by atoms with Gasteiger partial charge in [-0.2, -0.15) is 0 Å². The molecule has 0 saturated heterocycles. The van der Waals surface area contributed by atoms with E-state index in [0.29, 0.717) is 22.3 Å². The Morgan fingerprint density at radius 2 is 1.50 bits per heavy atom. The molecule has 0 aliphatic carbocycles. The lowest BCUT2D eigenvalue weighted by molar-refractivity contribution is 0.0601. The molecule has 8 heteroatoms. The summed E-state index contributed by atoms with van der Waals surface area (Å²) < 4.78 is 20.4. The molecule has 2 N–H and O–H groups in total. The number of esters is 1. The summed E-state index contributed by atoms with van der Waals surface area (Å²) in [5.41, 5.74) is 1.47. The second-order valence-corrected chi connectivity index (χ2v) is 5.46. The molecule has 0 spiro atoms. The average Bonchev–Trinajstić information content (AvgIpc) is 2.67. The van der Waals surface area contributed by atoms with Gasteiger partial charge in [0.05, 0.1) is 39.7 Å². The summed E-state index contributed by atoms with van der Waals surface area (Å²) in [5, 5.41) is 6.31. The third-order valence-corrected chi connectivity index (χ3v) is 3.73. The number of hydrogen-bond donors (Lipinski definition) is 2. The zero-order chi connectivity index (χ0) is 19.1. The normalized spacial score (nSPS) is 9.85. The van der Waals surface area contributed by atoms with Crippen molar-refractivity contribution >= 4 is 34.7 Å². The Labute approximate surface area is 157 Å². The van der Waals surface area contributed by atoms with E-state index >= 15 is 0 Å². The van der Waals surface area contributed by atoms with Crippen molar-refractivity contribution in [3.8, 4) is 17.2 Å². The van der Waals surface area contributed by atoms with Gasteiger partial charge in [0.25, 0.3) is 0 Å². The Morgan fingerprint density at radius 3 is 2.04 bits per heavy atom. The lowest BCUT2D eigenvalue weighted by atomic mass is 10.1. The highest BCUT2D eigenvalue weighted by molar-refractivity contribution is 7.80. The zero-order valence-electron chi connectivity index (χ0n) is 14.9. The standard InChI is InChI=1S/C18H20N2O5S/c1-22-12-7-5-11(6-8-12)19-18(26)20-14-10-16(24-3)15(23-2)9-13(14)17(21)25-4/h5-10H,1-4H3,(H2,19,20,26). The van der Waals surface area contributed by atoms with Crippen molar-refractivity contribution in [3.63, 3.8) is 0 Å². The first-order valence-electron chi connectivity index (χ1n) is 7.58. The first-order valence-corrected chi connectivity index (χ1v) is 7.99. The van der Waals surface area contributed by atoms with E-state index < -0.39 is 5.97 Å². The fourth-order valence-electron chi connectivity index (χ4n) is 2.22. The Kier molecular flexibility index (Phi) is 6.62. The van der Waals surface area contributed by atoms with Crippen LogP contribution in [0, 0.1) is 0 Å². The molecule has 2 rings (SSSR count). The molecule has 0 aliphatic heterocycles. The molecule has 0 atom stereocenters. The topological polar surface area (TPSA) is 78.1 Å². The van der Waals surface area contributed by atoms with E-state index in [1.54, 1.807) is 25.3 Å². The van der Waals surface area contributed by atoms with Crippen molar-refractivity contribution in [2.75, 3.05) is 39.1 Å². The van der Waals surface area contributed by atoms with E-state index in [1.165, 1.54) is 27.4 Å². The lowest BCUT2D eigenvalue weighted by Crippen LogP contribution is -2.21. The van der Waals surface area contributed by atoms with Crippen LogP contribution in [0.15, 0.2) is 36.4 Å². The van der Waals surface area contributed by atoms with Crippen LogP contribution in [0.4, 0.5) is 11.4 Å². The van der Waals surface area contributed by atoms with E-state index in [9.17, 15) is 4.79 Å². The van der Waals surface area contributed by atoms with Crippen molar-refractivity contribution in [3.05, 3.63) is 42.0 Å². The largest absolute Gasteiger partial charge is 0.497 e. The van der Waals surface area contributed by atoms with Crippen molar-refractivity contribution in [1.82, 2.24) is 0 Å². The van der Waals surface area contributed by atoms with Crippen LogP contribution in [-0.2, 0) is 4.74 Å². The van der Waals surface area contributed by atoms with Gasteiger partial charge in [-0.25, -0.2) is 4.79 Å². The number of benzene rings is 2. The maximum Gasteiger partial charge on any atom is 0.340 e. The molecule has 2 aromatic rings. The van der Waals surface area contributed by atoms with Gasteiger partial charge in [-0.3, -0.25) is 0 Å². The van der Waals surface area contributed by atoms with Crippen LogP contribution in [0.1, 0.15) is 10.4 Å². The van der Waals surface area contributed by atoms with Crippen LogP contribution in [0.25, 0.3) is 0 Å². The van der Waals surface area contributed by atoms with Crippen molar-refractivity contribution in [1.29, 1.82) is 0 Å². The predicted octanol–water partition coefficient (Wildman–Crippen LogP) is 3.31. The maximum absolute atomic E-state index is 12.1. The SMILES string of the molecule is COC(=O)c1cc(OC)c(OC)cc1NC(=S)Nc1ccc(OC)cc1. The summed E-state index contributed by atoms with van der Waals surface area (Å²) in [6.45, 7) is 0. The molecule has 2 aromatic carbocycles. The van der Waals surface area contributed by atoms with Crippen molar-refractivity contribution in [2.45, 2.75) is 0 Å². The van der Waals surface area contributed by atoms with Crippen LogP contribution in [0.2, 0.25) is 0 Å². The van der Waals surface area contributed by atoms with Crippen LogP contribution in [0.3, 0.4) is 0 Å². The molecular formula is C18H20N2O5S. The van der Waals surface area contributed by atoms with Crippen LogP contribution >= 0.6 is 12.2 Å². The number of nitrogens with one attached hydrogen (secondary N) is 2. The maximum atomic E-state index is 12.1. The molecule has 0 radical (unpaired) electrons. The summed E-state index contributed by atoms with van der Waals surface area (Å²) in [6.07, 6.45) is 0. The minimum absolute atomic E-state index is 0.268. The molecular weight excluding hydrogens is 356 g/mol. The summed E-state index contributed by atoms with van der Waals surface area (Å²) in [5.74, 6) is 1.07. The van der Waals surface area contributed by atoms with Crippen LogP contribution < -0.4 is 24.8 Å². The predicted molar refractivity (Wildman–Crippen MR) is 104 cm³/mol. The van der Waals surface area contributed by atoms with E-state index in [4.69, 9.17) is 31.2 Å². The number of hydrogen-bond acceptors (Lipinski definition) is 6. The second kappa shape index (κ2) is 8.91. The second-order valence-electron chi connectivity index (χ2n) is 5.05. The summed E-state index contributed by atoms with van der Waals surface area (Å²) in [4.78, 5) is 12.1. The number of ether oxygens (including phenoxy) is 4. The summed E-state index contributed by atoms with van der Waals surface area (Å²) >= 11 is 5.32. The minimum atomic E-state index is -0.527. The molecule has 0 fully saturated rings. The zero-order valence-corrected chi connectivity index (χ0v) is 15.7. The highest BCUT2D eigenvalue weighted by Gasteiger charge is 2.18. The minimum Gasteiger partial charge on any atom is -0.497 e. The molecule has 0 bridgehead atoms. The fourth-order valence-corrected chi connectivity index (χ4v) is 2.45. The van der Waals surface area contributed by atoms with Crippen molar-refractivity contribution in [2.24, 2.45) is 0 Å². The fraction of sp³-hybridized carbons (Fsp3) is 0.222. The molecule has 0 saturated carbocycles. The Hall–Kier alpha value is -3.00. The number of thiocarbonyl (C=S) groups is 1. The number of carbonyl (C=O) groups is 1. The molecule has 0 aromatic heterocycles. The molecule has 26 heavy (non-hydrogen) atoms. The van der Waals surface area contributed by atoms with Gasteiger partial charge in [0.15, 0.2) is 16.6 Å². The van der Waals surface area contributed by atoms with Crippen LogP contribution in [0.5, 0.6) is 17.2 Å². The Bertz CT molecular complexity index is 793.